The number of fused-ring (bicyclic) bond motifs is 2. The van der Waals surface area contributed by atoms with E-state index in [1.165, 1.54) is 4.57 Å². The van der Waals surface area contributed by atoms with Crippen molar-refractivity contribution in [2.24, 2.45) is 0 Å². The van der Waals surface area contributed by atoms with E-state index < -0.39 is 0 Å². The predicted molar refractivity (Wildman–Crippen MR) is 131 cm³/mol. The number of hydrogen-bond donors (Lipinski definition) is 1. The zero-order valence-corrected chi connectivity index (χ0v) is 19.7. The lowest BCUT2D eigenvalue weighted by Crippen LogP contribution is -2.48. The first-order chi connectivity index (χ1) is 16.5. The zero-order chi connectivity index (χ0) is 23.7. The van der Waals surface area contributed by atoms with Gasteiger partial charge in [-0.05, 0) is 36.8 Å². The molecule has 0 bridgehead atoms. The van der Waals surface area contributed by atoms with Crippen LogP contribution in [-0.4, -0.2) is 60.4 Å². The van der Waals surface area contributed by atoms with Crippen molar-refractivity contribution in [1.29, 1.82) is 0 Å². The van der Waals surface area contributed by atoms with Gasteiger partial charge in [-0.1, -0.05) is 12.1 Å². The number of para-hydroxylation sites is 2. The van der Waals surface area contributed by atoms with Crippen LogP contribution in [-0.2, 0) is 11.3 Å². The number of carbonyl (C=O) groups excluding carboxylic acids is 1. The summed E-state index contributed by atoms with van der Waals surface area (Å²) in [6.45, 7) is 3.30. The van der Waals surface area contributed by atoms with E-state index in [1.54, 1.807) is 19.2 Å². The summed E-state index contributed by atoms with van der Waals surface area (Å²) in [5, 5.41) is 0.483. The molecule has 2 aliphatic rings. The standard InChI is InChI=1S/C24H26N4O5S/c1-31-19-6-3-2-5-18(19)26-9-11-27(12-10-26)22(29)7-4-8-28-23(30)16-13-20-21(33-15-32-20)14-17(16)25-24(28)34/h2-3,5-6,13-14H,4,7-12,15H2,1H3,(H,25,34). The van der Waals surface area contributed by atoms with Gasteiger partial charge in [-0.25, -0.2) is 0 Å². The van der Waals surface area contributed by atoms with Crippen LogP contribution < -0.4 is 24.7 Å². The molecule has 5 rings (SSSR count). The van der Waals surface area contributed by atoms with E-state index >= 15 is 0 Å². The first kappa shape index (κ1) is 22.3. The number of piperazine rings is 1. The smallest absolute Gasteiger partial charge is 0.262 e. The maximum absolute atomic E-state index is 13.0. The first-order valence-corrected chi connectivity index (χ1v) is 11.7. The third-order valence-corrected chi connectivity index (χ3v) is 6.63. The second kappa shape index (κ2) is 9.38. The van der Waals surface area contributed by atoms with E-state index in [9.17, 15) is 9.59 Å². The van der Waals surface area contributed by atoms with Gasteiger partial charge in [0.05, 0.1) is 23.7 Å². The molecule has 0 saturated carbocycles. The van der Waals surface area contributed by atoms with Crippen molar-refractivity contribution in [3.63, 3.8) is 0 Å². The minimum atomic E-state index is -0.199. The van der Waals surface area contributed by atoms with Crippen LogP contribution in [0.15, 0.2) is 41.2 Å². The molecule has 1 aromatic heterocycles. The van der Waals surface area contributed by atoms with Crippen molar-refractivity contribution >= 4 is 34.7 Å². The molecule has 34 heavy (non-hydrogen) atoms. The number of nitrogens with one attached hydrogen (secondary N) is 1. The number of H-pyrrole nitrogens is 1. The van der Waals surface area contributed by atoms with Crippen molar-refractivity contribution in [3.05, 3.63) is 51.5 Å². The number of aromatic amines is 1. The lowest BCUT2D eigenvalue weighted by molar-refractivity contribution is -0.131. The van der Waals surface area contributed by atoms with Gasteiger partial charge in [-0.3, -0.25) is 14.2 Å². The molecule has 3 aromatic rings. The Labute approximate surface area is 201 Å². The minimum absolute atomic E-state index is 0.0896. The number of ether oxygens (including phenoxy) is 3. The predicted octanol–water partition coefficient (Wildman–Crippen LogP) is 2.93. The molecule has 0 unspecified atom stereocenters. The van der Waals surface area contributed by atoms with Gasteiger partial charge in [-0.2, -0.15) is 0 Å². The van der Waals surface area contributed by atoms with E-state index in [-0.39, 0.29) is 18.3 Å². The molecule has 178 valence electrons. The van der Waals surface area contributed by atoms with Crippen LogP contribution in [0, 0.1) is 4.77 Å². The molecule has 1 amide bonds. The molecule has 0 aliphatic carbocycles. The number of hydrogen-bond acceptors (Lipinski definition) is 7. The largest absolute Gasteiger partial charge is 0.495 e. The molecule has 0 spiro atoms. The average molecular weight is 483 g/mol. The highest BCUT2D eigenvalue weighted by Gasteiger charge is 2.23. The Kier molecular flexibility index (Phi) is 6.14. The second-order valence-corrected chi connectivity index (χ2v) is 8.67. The lowest BCUT2D eigenvalue weighted by Gasteiger charge is -2.36. The fourth-order valence-corrected chi connectivity index (χ4v) is 4.76. The number of benzene rings is 2. The molecular formula is C24H26N4O5S. The van der Waals surface area contributed by atoms with Gasteiger partial charge < -0.3 is 29.0 Å². The van der Waals surface area contributed by atoms with E-state index in [2.05, 4.69) is 9.88 Å². The van der Waals surface area contributed by atoms with E-state index in [4.69, 9.17) is 26.4 Å². The number of anilines is 1. The van der Waals surface area contributed by atoms with Gasteiger partial charge >= 0.3 is 0 Å². The molecule has 3 heterocycles. The number of amides is 1. The molecule has 0 radical (unpaired) electrons. The van der Waals surface area contributed by atoms with Crippen LogP contribution >= 0.6 is 12.2 Å². The highest BCUT2D eigenvalue weighted by Crippen LogP contribution is 2.34. The molecule has 9 nitrogen and oxygen atoms in total. The summed E-state index contributed by atoms with van der Waals surface area (Å²) in [6, 6.07) is 11.3. The highest BCUT2D eigenvalue weighted by molar-refractivity contribution is 7.71. The maximum atomic E-state index is 13.0. The Balaban J connectivity index is 1.19. The number of methoxy groups -OCH3 is 1. The van der Waals surface area contributed by atoms with Crippen molar-refractivity contribution < 1.29 is 19.0 Å². The van der Waals surface area contributed by atoms with Gasteiger partial charge in [0.1, 0.15) is 5.75 Å². The summed E-state index contributed by atoms with van der Waals surface area (Å²) in [7, 11) is 1.67. The third kappa shape index (κ3) is 4.21. The summed E-state index contributed by atoms with van der Waals surface area (Å²) in [6.07, 6.45) is 0.883. The normalized spacial score (nSPS) is 15.1. The molecule has 2 aromatic carbocycles. The average Bonchev–Trinajstić information content (AvgIpc) is 3.32. The van der Waals surface area contributed by atoms with Gasteiger partial charge in [0.2, 0.25) is 12.7 Å². The van der Waals surface area contributed by atoms with Crippen LogP contribution in [0.1, 0.15) is 12.8 Å². The SMILES string of the molecule is COc1ccccc1N1CCN(C(=O)CCCn2c(=S)[nH]c3cc4c(cc3c2=O)OCO4)CC1. The van der Waals surface area contributed by atoms with Crippen LogP contribution in [0.5, 0.6) is 17.2 Å². The fraction of sp³-hybridized carbons (Fsp3) is 0.375. The minimum Gasteiger partial charge on any atom is -0.495 e. The van der Waals surface area contributed by atoms with Crippen LogP contribution in [0.2, 0.25) is 0 Å². The number of aromatic nitrogens is 2. The van der Waals surface area contributed by atoms with E-state index in [0.29, 0.717) is 59.6 Å². The van der Waals surface area contributed by atoms with Crippen molar-refractivity contribution in [2.45, 2.75) is 19.4 Å². The van der Waals surface area contributed by atoms with Crippen molar-refractivity contribution in [2.75, 3.05) is 45.0 Å². The topological polar surface area (TPSA) is 89.0 Å². The van der Waals surface area contributed by atoms with Gasteiger partial charge in [-0.15, -0.1) is 0 Å². The summed E-state index contributed by atoms with van der Waals surface area (Å²) >= 11 is 5.40. The summed E-state index contributed by atoms with van der Waals surface area (Å²) < 4.78 is 18.1. The highest BCUT2D eigenvalue weighted by atomic mass is 32.1. The first-order valence-electron chi connectivity index (χ1n) is 11.3. The molecule has 2 aliphatic heterocycles. The maximum Gasteiger partial charge on any atom is 0.262 e. The monoisotopic (exact) mass is 482 g/mol. The molecular weight excluding hydrogens is 456 g/mol. The van der Waals surface area contributed by atoms with Crippen molar-refractivity contribution in [3.8, 4) is 17.2 Å². The quantitative estimate of drug-likeness (QED) is 0.541. The molecule has 0 atom stereocenters. The summed E-state index contributed by atoms with van der Waals surface area (Å²) in [4.78, 5) is 33.0. The second-order valence-electron chi connectivity index (χ2n) is 8.28. The molecule has 1 saturated heterocycles. The van der Waals surface area contributed by atoms with Crippen molar-refractivity contribution in [1.82, 2.24) is 14.5 Å². The number of nitrogens with zero attached hydrogens (tertiary/aromatic N) is 3. The Morgan fingerprint density at radius 3 is 2.62 bits per heavy atom. The molecule has 10 heteroatoms. The Hall–Kier alpha value is -3.53. The third-order valence-electron chi connectivity index (χ3n) is 6.31. The zero-order valence-electron chi connectivity index (χ0n) is 18.9. The Morgan fingerprint density at radius 2 is 1.85 bits per heavy atom. The summed E-state index contributed by atoms with van der Waals surface area (Å²) in [5.41, 5.74) is 1.46. The van der Waals surface area contributed by atoms with Gasteiger partial charge in [0.25, 0.3) is 5.56 Å². The summed E-state index contributed by atoms with van der Waals surface area (Å²) in [5.74, 6) is 2.06. The van der Waals surface area contributed by atoms with Crippen LogP contribution in [0.3, 0.4) is 0 Å². The number of carbonyl (C=O) groups is 1. The fourth-order valence-electron chi connectivity index (χ4n) is 4.48. The van der Waals surface area contributed by atoms with Crippen LogP contribution in [0.4, 0.5) is 5.69 Å². The van der Waals surface area contributed by atoms with E-state index in [1.807, 2.05) is 29.2 Å². The van der Waals surface area contributed by atoms with Gasteiger partial charge in [0.15, 0.2) is 16.3 Å². The Bertz CT molecular complexity index is 1340. The van der Waals surface area contributed by atoms with Gasteiger partial charge in [0, 0.05) is 45.2 Å². The Morgan fingerprint density at radius 1 is 1.12 bits per heavy atom. The number of rotatable bonds is 6. The lowest BCUT2D eigenvalue weighted by atomic mass is 10.2. The molecule has 1 N–H and O–H groups in total. The molecule has 1 fully saturated rings. The van der Waals surface area contributed by atoms with Crippen LogP contribution in [0.25, 0.3) is 10.9 Å². The van der Waals surface area contributed by atoms with E-state index in [0.717, 1.165) is 24.5 Å².